The maximum Gasteiger partial charge on any atom is 0.235 e. The van der Waals surface area contributed by atoms with Gasteiger partial charge in [0, 0.05) is 24.6 Å². The number of hydrogen-bond acceptors (Lipinski definition) is 6. The third kappa shape index (κ3) is 2.12. The minimum Gasteiger partial charge on any atom is -0.392 e. The normalized spacial score (nSPS) is 24.1. The number of aliphatic hydroxyl groups excluding tert-OH is 1. The van der Waals surface area contributed by atoms with Crippen LogP contribution >= 0.6 is 0 Å². The van der Waals surface area contributed by atoms with Gasteiger partial charge in [-0.3, -0.25) is 4.98 Å². The molecule has 1 N–H and O–H groups in total. The van der Waals surface area contributed by atoms with Crippen LogP contribution in [0.2, 0.25) is 0 Å². The maximum atomic E-state index is 9.88. The third-order valence-corrected chi connectivity index (χ3v) is 3.02. The SMILES string of the molecule is OC1CCOCC1c1nc(-c2ccncc2)no1. The van der Waals surface area contributed by atoms with Gasteiger partial charge in [-0.05, 0) is 18.6 Å². The van der Waals surface area contributed by atoms with Gasteiger partial charge in [-0.1, -0.05) is 5.16 Å². The molecule has 6 nitrogen and oxygen atoms in total. The first-order valence-electron chi connectivity index (χ1n) is 5.84. The van der Waals surface area contributed by atoms with Crippen molar-refractivity contribution in [3.63, 3.8) is 0 Å². The van der Waals surface area contributed by atoms with E-state index in [4.69, 9.17) is 9.26 Å². The Labute approximate surface area is 104 Å². The molecule has 1 fully saturated rings. The third-order valence-electron chi connectivity index (χ3n) is 3.02. The summed E-state index contributed by atoms with van der Waals surface area (Å²) in [5.41, 5.74) is 0.839. The molecule has 1 saturated heterocycles. The minimum absolute atomic E-state index is 0.234. The molecule has 0 aliphatic carbocycles. The summed E-state index contributed by atoms with van der Waals surface area (Å²) in [6.45, 7) is 0.988. The van der Waals surface area contributed by atoms with Crippen LogP contribution in [-0.4, -0.2) is 39.5 Å². The van der Waals surface area contributed by atoms with E-state index < -0.39 is 6.10 Å². The molecule has 6 heteroatoms. The number of pyridine rings is 1. The van der Waals surface area contributed by atoms with Crippen LogP contribution in [0.15, 0.2) is 29.0 Å². The zero-order valence-electron chi connectivity index (χ0n) is 9.69. The molecule has 18 heavy (non-hydrogen) atoms. The van der Waals surface area contributed by atoms with Gasteiger partial charge in [0.25, 0.3) is 0 Å². The second-order valence-electron chi connectivity index (χ2n) is 4.23. The number of aromatic nitrogens is 3. The van der Waals surface area contributed by atoms with Crippen molar-refractivity contribution in [3.05, 3.63) is 30.4 Å². The zero-order chi connectivity index (χ0) is 12.4. The van der Waals surface area contributed by atoms with Crippen molar-refractivity contribution in [2.24, 2.45) is 0 Å². The van der Waals surface area contributed by atoms with Gasteiger partial charge in [-0.15, -0.1) is 0 Å². The predicted molar refractivity (Wildman–Crippen MR) is 61.7 cm³/mol. The van der Waals surface area contributed by atoms with Crippen molar-refractivity contribution in [1.29, 1.82) is 0 Å². The first-order valence-corrected chi connectivity index (χ1v) is 5.84. The van der Waals surface area contributed by atoms with Gasteiger partial charge in [0.05, 0.1) is 18.6 Å². The van der Waals surface area contributed by atoms with E-state index in [-0.39, 0.29) is 5.92 Å². The van der Waals surface area contributed by atoms with Gasteiger partial charge in [0.2, 0.25) is 11.7 Å². The number of hydrogen-bond donors (Lipinski definition) is 1. The standard InChI is InChI=1S/C12H13N3O3/c16-10-3-6-17-7-9(10)12-14-11(15-18-12)8-1-4-13-5-2-8/h1-2,4-5,9-10,16H,3,6-7H2. The van der Waals surface area contributed by atoms with Crippen LogP contribution in [0.4, 0.5) is 0 Å². The van der Waals surface area contributed by atoms with E-state index in [1.807, 2.05) is 12.1 Å². The molecule has 0 bridgehead atoms. The summed E-state index contributed by atoms with van der Waals surface area (Å²) >= 11 is 0. The zero-order valence-corrected chi connectivity index (χ0v) is 9.69. The molecule has 0 aromatic carbocycles. The first kappa shape index (κ1) is 11.3. The summed E-state index contributed by atoms with van der Waals surface area (Å²) in [5.74, 6) is 0.695. The Morgan fingerprint density at radius 1 is 1.28 bits per heavy atom. The predicted octanol–water partition coefficient (Wildman–Crippen LogP) is 0.996. The van der Waals surface area contributed by atoms with Crippen LogP contribution in [0, 0.1) is 0 Å². The van der Waals surface area contributed by atoms with Crippen molar-refractivity contribution >= 4 is 0 Å². The summed E-state index contributed by atoms with van der Waals surface area (Å²) < 4.78 is 10.5. The highest BCUT2D eigenvalue weighted by molar-refractivity contribution is 5.52. The van der Waals surface area contributed by atoms with E-state index in [9.17, 15) is 5.11 Å². The Morgan fingerprint density at radius 3 is 2.89 bits per heavy atom. The fraction of sp³-hybridized carbons (Fsp3) is 0.417. The molecular weight excluding hydrogens is 234 g/mol. The monoisotopic (exact) mass is 247 g/mol. The highest BCUT2D eigenvalue weighted by Gasteiger charge is 2.30. The summed E-state index contributed by atoms with van der Waals surface area (Å²) in [4.78, 5) is 8.24. The quantitative estimate of drug-likeness (QED) is 0.852. The molecule has 0 saturated carbocycles. The molecule has 94 valence electrons. The van der Waals surface area contributed by atoms with Crippen LogP contribution in [-0.2, 0) is 4.74 Å². The van der Waals surface area contributed by atoms with Crippen LogP contribution in [0.5, 0.6) is 0 Å². The Kier molecular flexibility index (Phi) is 3.04. The maximum absolute atomic E-state index is 9.88. The minimum atomic E-state index is -0.482. The van der Waals surface area contributed by atoms with Crippen molar-refractivity contribution < 1.29 is 14.4 Å². The van der Waals surface area contributed by atoms with Crippen LogP contribution < -0.4 is 0 Å². The summed E-state index contributed by atoms with van der Waals surface area (Å²) in [6.07, 6.45) is 3.45. The number of rotatable bonds is 2. The van der Waals surface area contributed by atoms with E-state index in [0.717, 1.165) is 5.56 Å². The highest BCUT2D eigenvalue weighted by Crippen LogP contribution is 2.26. The van der Waals surface area contributed by atoms with E-state index in [1.54, 1.807) is 12.4 Å². The Balaban J connectivity index is 1.85. The second kappa shape index (κ2) is 4.83. The fourth-order valence-electron chi connectivity index (χ4n) is 1.97. The molecule has 1 aliphatic rings. The Bertz CT molecular complexity index is 514. The Morgan fingerprint density at radius 2 is 2.11 bits per heavy atom. The molecular formula is C12H13N3O3. The van der Waals surface area contributed by atoms with Crippen LogP contribution in [0.3, 0.4) is 0 Å². The van der Waals surface area contributed by atoms with E-state index in [0.29, 0.717) is 31.3 Å². The van der Waals surface area contributed by atoms with Crippen LogP contribution in [0.25, 0.3) is 11.4 Å². The number of nitrogens with zero attached hydrogens (tertiary/aromatic N) is 3. The average molecular weight is 247 g/mol. The van der Waals surface area contributed by atoms with Gasteiger partial charge >= 0.3 is 0 Å². The number of aliphatic hydroxyl groups is 1. The Hall–Kier alpha value is -1.79. The van der Waals surface area contributed by atoms with Crippen molar-refractivity contribution in [2.75, 3.05) is 13.2 Å². The van der Waals surface area contributed by atoms with Gasteiger partial charge in [0.1, 0.15) is 0 Å². The van der Waals surface area contributed by atoms with E-state index >= 15 is 0 Å². The van der Waals surface area contributed by atoms with Gasteiger partial charge in [-0.2, -0.15) is 4.98 Å². The summed E-state index contributed by atoms with van der Waals surface area (Å²) in [6, 6.07) is 3.62. The van der Waals surface area contributed by atoms with Crippen molar-refractivity contribution in [1.82, 2.24) is 15.1 Å². The molecule has 2 aromatic heterocycles. The molecule has 3 heterocycles. The fourth-order valence-corrected chi connectivity index (χ4v) is 1.97. The molecule has 2 unspecified atom stereocenters. The van der Waals surface area contributed by atoms with Gasteiger partial charge < -0.3 is 14.4 Å². The molecule has 2 aromatic rings. The summed E-state index contributed by atoms with van der Waals surface area (Å²) in [7, 11) is 0. The smallest absolute Gasteiger partial charge is 0.235 e. The lowest BCUT2D eigenvalue weighted by atomic mass is 9.99. The summed E-state index contributed by atoms with van der Waals surface area (Å²) in [5, 5.41) is 13.8. The molecule has 3 rings (SSSR count). The van der Waals surface area contributed by atoms with Gasteiger partial charge in [0.15, 0.2) is 0 Å². The molecule has 1 aliphatic heterocycles. The average Bonchev–Trinajstić information content (AvgIpc) is 2.90. The highest BCUT2D eigenvalue weighted by atomic mass is 16.5. The number of ether oxygens (including phenoxy) is 1. The van der Waals surface area contributed by atoms with E-state index in [2.05, 4.69) is 15.1 Å². The molecule has 0 radical (unpaired) electrons. The lowest BCUT2D eigenvalue weighted by Gasteiger charge is -2.24. The first-order chi connectivity index (χ1) is 8.84. The molecule has 0 spiro atoms. The topological polar surface area (TPSA) is 81.3 Å². The van der Waals surface area contributed by atoms with Crippen molar-refractivity contribution in [2.45, 2.75) is 18.4 Å². The van der Waals surface area contributed by atoms with Crippen LogP contribution in [0.1, 0.15) is 18.2 Å². The van der Waals surface area contributed by atoms with Gasteiger partial charge in [-0.25, -0.2) is 0 Å². The largest absolute Gasteiger partial charge is 0.392 e. The van der Waals surface area contributed by atoms with Crippen molar-refractivity contribution in [3.8, 4) is 11.4 Å². The van der Waals surface area contributed by atoms with E-state index in [1.165, 1.54) is 0 Å². The second-order valence-corrected chi connectivity index (χ2v) is 4.23. The lowest BCUT2D eigenvalue weighted by Crippen LogP contribution is -2.30. The molecule has 2 atom stereocenters. The lowest BCUT2D eigenvalue weighted by molar-refractivity contribution is -0.0149. The molecule has 0 amide bonds.